The number of aromatic nitrogens is 1. The number of hydrogen-bond donors (Lipinski definition) is 2. The van der Waals surface area contributed by atoms with E-state index >= 15 is 0 Å². The van der Waals surface area contributed by atoms with Gasteiger partial charge in [-0.05, 0) is 54.7 Å². The molecule has 2 unspecified atom stereocenters. The molecule has 2 heterocycles. The van der Waals surface area contributed by atoms with Crippen LogP contribution in [-0.2, 0) is 21.6 Å². The van der Waals surface area contributed by atoms with Gasteiger partial charge in [0.25, 0.3) is 6.01 Å². The second kappa shape index (κ2) is 10.5. The van der Waals surface area contributed by atoms with Gasteiger partial charge in [0, 0.05) is 24.7 Å². The van der Waals surface area contributed by atoms with Gasteiger partial charge in [-0.1, -0.05) is 55.3 Å². The Balaban J connectivity index is 1.17. The summed E-state index contributed by atoms with van der Waals surface area (Å²) < 4.78 is 17.2. The first-order valence-electron chi connectivity index (χ1n) is 13.9. The SMILES string of the molecule is COC(=O)C1(Cc2ccc(OCCN(C)c3nc4ccccc4o3)cc2)Nc2ccccc2C1(O)C1CCCC1. The zero-order chi connectivity index (χ0) is 27.7. The maximum atomic E-state index is 13.5. The van der Waals surface area contributed by atoms with Gasteiger partial charge in [0.1, 0.15) is 23.5 Å². The molecule has 1 aromatic heterocycles. The van der Waals surface area contributed by atoms with Crippen LogP contribution in [0.4, 0.5) is 11.7 Å². The third kappa shape index (κ3) is 4.36. The van der Waals surface area contributed by atoms with Gasteiger partial charge in [-0.25, -0.2) is 4.79 Å². The summed E-state index contributed by atoms with van der Waals surface area (Å²) in [5, 5.41) is 15.9. The van der Waals surface area contributed by atoms with Crippen molar-refractivity contribution in [3.8, 4) is 5.75 Å². The summed E-state index contributed by atoms with van der Waals surface area (Å²) in [5.41, 5.74) is 1.33. The van der Waals surface area contributed by atoms with Crippen molar-refractivity contribution in [1.29, 1.82) is 0 Å². The largest absolute Gasteiger partial charge is 0.492 e. The van der Waals surface area contributed by atoms with Gasteiger partial charge in [0.2, 0.25) is 0 Å². The standard InChI is InChI=1S/C32H35N3O5/c1-35(30-33-27-13-7-8-14-28(27)40-30)19-20-39-24-17-15-22(16-18-24)21-31(29(36)38-2)32(37,23-9-3-4-10-23)25-11-5-6-12-26(25)34-31/h5-8,11-18,23,34,37H,3-4,9-10,19-21H2,1-2H3. The third-order valence-corrected chi connectivity index (χ3v) is 8.51. The number of nitrogens with one attached hydrogen (secondary N) is 1. The molecule has 8 nitrogen and oxygen atoms in total. The number of anilines is 2. The van der Waals surface area contributed by atoms with E-state index in [-0.39, 0.29) is 12.3 Å². The van der Waals surface area contributed by atoms with Gasteiger partial charge in [-0.3, -0.25) is 0 Å². The fourth-order valence-electron chi connectivity index (χ4n) is 6.45. The van der Waals surface area contributed by atoms with Crippen molar-refractivity contribution in [3.05, 3.63) is 83.9 Å². The highest BCUT2D eigenvalue weighted by Gasteiger charge is 2.65. The number of carbonyl (C=O) groups is 1. The van der Waals surface area contributed by atoms with Crippen LogP contribution >= 0.6 is 0 Å². The van der Waals surface area contributed by atoms with E-state index in [0.29, 0.717) is 19.2 Å². The highest BCUT2D eigenvalue weighted by atomic mass is 16.5. The zero-order valence-electron chi connectivity index (χ0n) is 22.9. The minimum Gasteiger partial charge on any atom is -0.492 e. The van der Waals surface area contributed by atoms with Crippen molar-refractivity contribution in [3.63, 3.8) is 0 Å². The first-order valence-corrected chi connectivity index (χ1v) is 13.9. The zero-order valence-corrected chi connectivity index (χ0v) is 22.9. The number of ether oxygens (including phenoxy) is 2. The molecule has 0 bridgehead atoms. The van der Waals surface area contributed by atoms with Crippen LogP contribution in [0, 0.1) is 5.92 Å². The molecule has 1 fully saturated rings. The lowest BCUT2D eigenvalue weighted by atomic mass is 9.67. The topological polar surface area (TPSA) is 97.1 Å². The predicted molar refractivity (Wildman–Crippen MR) is 154 cm³/mol. The molecule has 2 aliphatic rings. The number of methoxy groups -OCH3 is 1. The van der Waals surface area contributed by atoms with E-state index in [0.717, 1.165) is 59.3 Å². The second-order valence-electron chi connectivity index (χ2n) is 10.9. The van der Waals surface area contributed by atoms with Crippen LogP contribution in [0.2, 0.25) is 0 Å². The number of esters is 1. The summed E-state index contributed by atoms with van der Waals surface area (Å²) in [6, 6.07) is 23.6. The molecule has 0 amide bonds. The first kappa shape index (κ1) is 26.2. The third-order valence-electron chi connectivity index (χ3n) is 8.51. The Bertz CT molecular complexity index is 1460. The molecule has 0 saturated heterocycles. The Morgan fingerprint density at radius 2 is 1.80 bits per heavy atom. The smallest absolute Gasteiger partial charge is 0.335 e. The van der Waals surface area contributed by atoms with Crippen LogP contribution in [-0.4, -0.2) is 48.9 Å². The van der Waals surface area contributed by atoms with Gasteiger partial charge in [-0.15, -0.1) is 0 Å². The van der Waals surface area contributed by atoms with E-state index in [1.54, 1.807) is 0 Å². The van der Waals surface area contributed by atoms with E-state index in [2.05, 4.69) is 10.3 Å². The number of aliphatic hydroxyl groups is 1. The molecular formula is C32H35N3O5. The summed E-state index contributed by atoms with van der Waals surface area (Å²) in [6.07, 6.45) is 4.11. The van der Waals surface area contributed by atoms with Gasteiger partial charge < -0.3 is 29.2 Å². The minimum atomic E-state index is -1.38. The van der Waals surface area contributed by atoms with Gasteiger partial charge >= 0.3 is 5.97 Å². The van der Waals surface area contributed by atoms with Gasteiger partial charge in [0.15, 0.2) is 11.1 Å². The number of nitrogens with zero attached hydrogens (tertiary/aromatic N) is 2. The van der Waals surface area contributed by atoms with Crippen molar-refractivity contribution < 1.29 is 23.8 Å². The average Bonchev–Trinajstić information content (AvgIpc) is 3.72. The number of rotatable bonds is 9. The molecule has 1 aliphatic carbocycles. The van der Waals surface area contributed by atoms with Crippen LogP contribution in [0.1, 0.15) is 36.8 Å². The Morgan fingerprint density at radius 1 is 1.07 bits per heavy atom. The lowest BCUT2D eigenvalue weighted by Gasteiger charge is -2.44. The number of likely N-dealkylation sites (N-methyl/N-ethyl adjacent to an activating group) is 1. The van der Waals surface area contributed by atoms with E-state index in [1.807, 2.05) is 84.7 Å². The molecule has 40 heavy (non-hydrogen) atoms. The summed E-state index contributed by atoms with van der Waals surface area (Å²) >= 11 is 0. The maximum Gasteiger partial charge on any atom is 0.335 e. The van der Waals surface area contributed by atoms with E-state index in [9.17, 15) is 9.90 Å². The molecular weight excluding hydrogens is 506 g/mol. The van der Waals surface area contributed by atoms with E-state index < -0.39 is 17.1 Å². The molecule has 2 N–H and O–H groups in total. The van der Waals surface area contributed by atoms with Crippen LogP contribution in [0.5, 0.6) is 5.75 Å². The lowest BCUT2D eigenvalue weighted by Crippen LogP contribution is -2.63. The molecule has 208 valence electrons. The second-order valence-corrected chi connectivity index (χ2v) is 10.9. The number of hydrogen-bond acceptors (Lipinski definition) is 8. The molecule has 4 aromatic rings. The monoisotopic (exact) mass is 541 g/mol. The number of para-hydroxylation sites is 3. The molecule has 3 aromatic carbocycles. The normalized spacial score (nSPS) is 22.2. The fraction of sp³-hybridized carbons (Fsp3) is 0.375. The molecule has 6 rings (SSSR count). The Labute approximate surface area is 233 Å². The van der Waals surface area contributed by atoms with Crippen molar-refractivity contribution in [2.24, 2.45) is 5.92 Å². The summed E-state index contributed by atoms with van der Waals surface area (Å²) in [4.78, 5) is 20.0. The molecule has 8 heteroatoms. The summed E-state index contributed by atoms with van der Waals surface area (Å²) in [5.74, 6) is 0.222. The quantitative estimate of drug-likeness (QED) is 0.276. The molecule has 2 atom stereocenters. The molecule has 0 spiro atoms. The highest BCUT2D eigenvalue weighted by molar-refractivity contribution is 5.91. The molecule has 1 aliphatic heterocycles. The number of benzene rings is 3. The Kier molecular flexibility index (Phi) is 6.88. The molecule has 0 radical (unpaired) electrons. The van der Waals surface area contributed by atoms with E-state index in [4.69, 9.17) is 13.9 Å². The number of oxazole rings is 1. The highest BCUT2D eigenvalue weighted by Crippen LogP contribution is 2.55. The van der Waals surface area contributed by atoms with Gasteiger partial charge in [-0.2, -0.15) is 4.98 Å². The predicted octanol–water partition coefficient (Wildman–Crippen LogP) is 5.30. The molecule has 1 saturated carbocycles. The Hall–Kier alpha value is -4.04. The van der Waals surface area contributed by atoms with Crippen LogP contribution in [0.25, 0.3) is 11.1 Å². The average molecular weight is 542 g/mol. The van der Waals surface area contributed by atoms with Crippen LogP contribution in [0.15, 0.2) is 77.2 Å². The number of carbonyl (C=O) groups excluding carboxylic acids is 1. The van der Waals surface area contributed by atoms with Crippen LogP contribution in [0.3, 0.4) is 0 Å². The van der Waals surface area contributed by atoms with Crippen LogP contribution < -0.4 is 15.0 Å². The first-order chi connectivity index (χ1) is 19.4. The van der Waals surface area contributed by atoms with Crippen molar-refractivity contribution >= 4 is 28.8 Å². The number of fused-ring (bicyclic) bond motifs is 2. The maximum absolute atomic E-state index is 13.5. The van der Waals surface area contributed by atoms with Crippen molar-refractivity contribution in [2.45, 2.75) is 43.2 Å². The van der Waals surface area contributed by atoms with E-state index in [1.165, 1.54) is 7.11 Å². The minimum absolute atomic E-state index is 0.0383. The van der Waals surface area contributed by atoms with Crippen molar-refractivity contribution in [1.82, 2.24) is 4.98 Å². The fourth-order valence-corrected chi connectivity index (χ4v) is 6.45. The lowest BCUT2D eigenvalue weighted by molar-refractivity contribution is -0.162. The Morgan fingerprint density at radius 3 is 2.55 bits per heavy atom. The van der Waals surface area contributed by atoms with Gasteiger partial charge in [0.05, 0.1) is 13.7 Å². The van der Waals surface area contributed by atoms with Crippen molar-refractivity contribution in [2.75, 3.05) is 37.5 Å². The summed E-state index contributed by atoms with van der Waals surface area (Å²) in [7, 11) is 3.31. The summed E-state index contributed by atoms with van der Waals surface area (Å²) in [6.45, 7) is 1.04.